The fourth-order valence-electron chi connectivity index (χ4n) is 2.28. The van der Waals surface area contributed by atoms with Crippen molar-refractivity contribution in [3.8, 4) is 0 Å². The third-order valence-corrected chi connectivity index (χ3v) is 5.07. The highest BCUT2D eigenvalue weighted by molar-refractivity contribution is 7.87. The van der Waals surface area contributed by atoms with E-state index in [1.54, 1.807) is 11.4 Å². The largest absolute Gasteiger partial charge is 0.383 e. The Hall–Kier alpha value is -0.210. The molecule has 1 aliphatic heterocycles. The summed E-state index contributed by atoms with van der Waals surface area (Å²) in [5.74, 6) is 0. The minimum atomic E-state index is -3.40. The zero-order valence-corrected chi connectivity index (χ0v) is 12.3. The number of methoxy groups -OCH3 is 1. The second-order valence-corrected chi connectivity index (χ2v) is 6.35. The van der Waals surface area contributed by atoms with Gasteiger partial charge in [0.2, 0.25) is 0 Å². The molecule has 0 aromatic heterocycles. The second-order valence-electron chi connectivity index (χ2n) is 4.64. The van der Waals surface area contributed by atoms with Gasteiger partial charge in [0.25, 0.3) is 10.2 Å². The average Bonchev–Trinajstić information content (AvgIpc) is 2.38. The Morgan fingerprint density at radius 1 is 1.44 bits per heavy atom. The summed E-state index contributed by atoms with van der Waals surface area (Å²) in [5, 5.41) is 3.15. The molecule has 0 aliphatic carbocycles. The first-order valence-corrected chi connectivity index (χ1v) is 7.89. The van der Waals surface area contributed by atoms with Gasteiger partial charge in [-0.05, 0) is 26.8 Å². The number of nitrogens with zero attached hydrogens (tertiary/aromatic N) is 1. The molecule has 108 valence electrons. The summed E-state index contributed by atoms with van der Waals surface area (Å²) in [7, 11) is 0.0236. The SMILES string of the molecule is CNC(C)C1CCCCN1S(=O)(=O)NCCOC. The van der Waals surface area contributed by atoms with Crippen LogP contribution in [0.4, 0.5) is 0 Å². The van der Waals surface area contributed by atoms with E-state index in [1.165, 1.54) is 0 Å². The number of hydrogen-bond donors (Lipinski definition) is 2. The maximum atomic E-state index is 12.2. The van der Waals surface area contributed by atoms with Crippen molar-refractivity contribution < 1.29 is 13.2 Å². The number of ether oxygens (including phenoxy) is 1. The van der Waals surface area contributed by atoms with E-state index in [1.807, 2.05) is 14.0 Å². The van der Waals surface area contributed by atoms with Gasteiger partial charge >= 0.3 is 0 Å². The van der Waals surface area contributed by atoms with Gasteiger partial charge in [-0.2, -0.15) is 17.4 Å². The van der Waals surface area contributed by atoms with Gasteiger partial charge in [-0.3, -0.25) is 0 Å². The Morgan fingerprint density at radius 3 is 2.78 bits per heavy atom. The summed E-state index contributed by atoms with van der Waals surface area (Å²) in [5.41, 5.74) is 0. The average molecular weight is 279 g/mol. The van der Waals surface area contributed by atoms with Crippen LogP contribution >= 0.6 is 0 Å². The van der Waals surface area contributed by atoms with Crippen LogP contribution in [0, 0.1) is 0 Å². The summed E-state index contributed by atoms with van der Waals surface area (Å²) in [4.78, 5) is 0. The van der Waals surface area contributed by atoms with E-state index in [2.05, 4.69) is 10.0 Å². The van der Waals surface area contributed by atoms with Crippen molar-refractivity contribution in [3.05, 3.63) is 0 Å². The fourth-order valence-corrected chi connectivity index (χ4v) is 3.80. The topological polar surface area (TPSA) is 70.7 Å². The Labute approximate surface area is 110 Å². The van der Waals surface area contributed by atoms with Crippen LogP contribution in [0.2, 0.25) is 0 Å². The molecular weight excluding hydrogens is 254 g/mol. The molecule has 2 atom stereocenters. The zero-order valence-electron chi connectivity index (χ0n) is 11.5. The van der Waals surface area contributed by atoms with Crippen LogP contribution in [0.3, 0.4) is 0 Å². The van der Waals surface area contributed by atoms with E-state index >= 15 is 0 Å². The van der Waals surface area contributed by atoms with E-state index in [4.69, 9.17) is 4.74 Å². The Balaban J connectivity index is 2.69. The van der Waals surface area contributed by atoms with Crippen LogP contribution in [0.1, 0.15) is 26.2 Å². The van der Waals surface area contributed by atoms with Gasteiger partial charge in [-0.15, -0.1) is 0 Å². The Bertz CT molecular complexity index is 334. The summed E-state index contributed by atoms with van der Waals surface area (Å²) in [6.45, 7) is 3.32. The number of piperidine rings is 1. The first kappa shape index (κ1) is 15.8. The molecule has 0 amide bonds. The summed E-state index contributed by atoms with van der Waals surface area (Å²) in [6.07, 6.45) is 2.92. The highest BCUT2D eigenvalue weighted by atomic mass is 32.2. The molecule has 1 heterocycles. The van der Waals surface area contributed by atoms with Crippen molar-refractivity contribution in [2.45, 2.75) is 38.3 Å². The number of hydrogen-bond acceptors (Lipinski definition) is 4. The molecule has 0 saturated carbocycles. The van der Waals surface area contributed by atoms with E-state index in [-0.39, 0.29) is 12.1 Å². The molecule has 1 aliphatic rings. The van der Waals surface area contributed by atoms with Gasteiger partial charge < -0.3 is 10.1 Å². The molecule has 2 N–H and O–H groups in total. The monoisotopic (exact) mass is 279 g/mol. The molecule has 0 aromatic rings. The van der Waals surface area contributed by atoms with Crippen LogP contribution in [0.5, 0.6) is 0 Å². The van der Waals surface area contributed by atoms with Gasteiger partial charge in [-0.1, -0.05) is 6.42 Å². The predicted octanol–water partition coefficient (Wildman–Crippen LogP) is -0.0704. The van der Waals surface area contributed by atoms with Crippen LogP contribution in [0.15, 0.2) is 0 Å². The normalized spacial score (nSPS) is 24.1. The van der Waals surface area contributed by atoms with Crippen molar-refractivity contribution in [2.75, 3.05) is 33.9 Å². The lowest BCUT2D eigenvalue weighted by atomic mass is 9.99. The molecule has 6 nitrogen and oxygen atoms in total. The first-order chi connectivity index (χ1) is 8.53. The zero-order chi connectivity index (χ0) is 13.6. The summed E-state index contributed by atoms with van der Waals surface area (Å²) >= 11 is 0. The van der Waals surface area contributed by atoms with Gasteiger partial charge in [0, 0.05) is 32.3 Å². The lowest BCUT2D eigenvalue weighted by Crippen LogP contribution is -2.55. The molecule has 1 fully saturated rings. The molecule has 1 saturated heterocycles. The van der Waals surface area contributed by atoms with E-state index in [0.29, 0.717) is 19.7 Å². The number of rotatable bonds is 7. The second kappa shape index (κ2) is 7.40. The quantitative estimate of drug-likeness (QED) is 0.640. The van der Waals surface area contributed by atoms with Crippen LogP contribution in [-0.2, 0) is 14.9 Å². The highest BCUT2D eigenvalue weighted by Crippen LogP contribution is 2.22. The molecule has 0 spiro atoms. The van der Waals surface area contributed by atoms with E-state index < -0.39 is 10.2 Å². The smallest absolute Gasteiger partial charge is 0.279 e. The molecule has 18 heavy (non-hydrogen) atoms. The Kier molecular flexibility index (Phi) is 6.51. The highest BCUT2D eigenvalue weighted by Gasteiger charge is 2.34. The first-order valence-electron chi connectivity index (χ1n) is 6.45. The Morgan fingerprint density at radius 2 is 2.17 bits per heavy atom. The van der Waals surface area contributed by atoms with Crippen molar-refractivity contribution in [1.82, 2.24) is 14.3 Å². The van der Waals surface area contributed by atoms with Crippen LogP contribution < -0.4 is 10.0 Å². The van der Waals surface area contributed by atoms with Crippen molar-refractivity contribution in [3.63, 3.8) is 0 Å². The third-order valence-electron chi connectivity index (χ3n) is 3.43. The minimum Gasteiger partial charge on any atom is -0.383 e. The van der Waals surface area contributed by atoms with Crippen LogP contribution in [0.25, 0.3) is 0 Å². The van der Waals surface area contributed by atoms with Crippen molar-refractivity contribution in [2.24, 2.45) is 0 Å². The molecule has 1 rings (SSSR count). The third kappa shape index (κ3) is 4.17. The standard InChI is InChI=1S/C11H25N3O3S/c1-10(12-2)11-6-4-5-8-14(11)18(15,16)13-7-9-17-3/h10-13H,4-9H2,1-3H3. The van der Waals surface area contributed by atoms with E-state index in [9.17, 15) is 8.42 Å². The summed E-state index contributed by atoms with van der Waals surface area (Å²) < 4.78 is 33.5. The minimum absolute atomic E-state index is 0.0313. The molecule has 0 bridgehead atoms. The molecule has 0 aromatic carbocycles. The fraction of sp³-hybridized carbons (Fsp3) is 1.00. The maximum Gasteiger partial charge on any atom is 0.279 e. The summed E-state index contributed by atoms with van der Waals surface area (Å²) in [6, 6.07) is 0.188. The molecular formula is C11H25N3O3S. The van der Waals surface area contributed by atoms with Crippen molar-refractivity contribution >= 4 is 10.2 Å². The number of likely N-dealkylation sites (N-methyl/N-ethyl adjacent to an activating group) is 1. The lowest BCUT2D eigenvalue weighted by Gasteiger charge is -2.37. The lowest BCUT2D eigenvalue weighted by molar-refractivity contribution is 0.196. The van der Waals surface area contributed by atoms with Gasteiger partial charge in [0.1, 0.15) is 0 Å². The predicted molar refractivity (Wildman–Crippen MR) is 71.7 cm³/mol. The van der Waals surface area contributed by atoms with E-state index in [0.717, 1.165) is 19.3 Å². The number of nitrogens with one attached hydrogen (secondary N) is 2. The molecule has 7 heteroatoms. The van der Waals surface area contributed by atoms with Crippen LogP contribution in [-0.4, -0.2) is 58.7 Å². The van der Waals surface area contributed by atoms with Gasteiger partial charge in [0.05, 0.1) is 6.61 Å². The van der Waals surface area contributed by atoms with Gasteiger partial charge in [-0.25, -0.2) is 0 Å². The molecule has 0 radical (unpaired) electrons. The maximum absolute atomic E-state index is 12.2. The van der Waals surface area contributed by atoms with Gasteiger partial charge in [0.15, 0.2) is 0 Å². The van der Waals surface area contributed by atoms with Crippen molar-refractivity contribution in [1.29, 1.82) is 0 Å². The molecule has 2 unspecified atom stereocenters.